The van der Waals surface area contributed by atoms with Crippen LogP contribution >= 0.6 is 0 Å². The molecule has 0 unspecified atom stereocenters. The molecule has 0 aromatic heterocycles. The van der Waals surface area contributed by atoms with Crippen LogP contribution in [0.1, 0.15) is 81.6 Å². The van der Waals surface area contributed by atoms with E-state index in [1.807, 2.05) is 0 Å². The number of aliphatic hydroxyl groups is 1. The summed E-state index contributed by atoms with van der Waals surface area (Å²) >= 11 is 0. The Kier molecular flexibility index (Phi) is 8.08. The lowest BCUT2D eigenvalue weighted by Gasteiger charge is -2.62. The highest BCUT2D eigenvalue weighted by Gasteiger charge is 2.76. The molecule has 42 heavy (non-hydrogen) atoms. The molecule has 0 aromatic carbocycles. The van der Waals surface area contributed by atoms with Crippen LogP contribution in [-0.4, -0.2) is 83.3 Å². The van der Waals surface area contributed by atoms with Gasteiger partial charge in [0.1, 0.15) is 23.9 Å². The van der Waals surface area contributed by atoms with Crippen LogP contribution in [0.3, 0.4) is 0 Å². The summed E-state index contributed by atoms with van der Waals surface area (Å²) in [5.41, 5.74) is -4.12. The van der Waals surface area contributed by atoms with Gasteiger partial charge in [-0.3, -0.25) is 24.0 Å². The summed E-state index contributed by atoms with van der Waals surface area (Å²) in [6.45, 7) is 13.5. The third kappa shape index (κ3) is 5.10. The number of carbonyl (C=O) groups excluding carboxylic acids is 5. The second-order valence-electron chi connectivity index (χ2n) is 12.9. The zero-order valence-corrected chi connectivity index (χ0v) is 25.7. The van der Waals surface area contributed by atoms with Gasteiger partial charge in [-0.15, -0.1) is 0 Å². The molecule has 1 heterocycles. The Balaban J connectivity index is 2.08. The average molecular weight is 595 g/mol. The van der Waals surface area contributed by atoms with Gasteiger partial charge in [0.2, 0.25) is 0 Å². The van der Waals surface area contributed by atoms with Gasteiger partial charge >= 0.3 is 29.8 Å². The van der Waals surface area contributed by atoms with Crippen molar-refractivity contribution >= 4 is 29.8 Å². The molecule has 4 rings (SSSR count). The number of hydrogen-bond acceptors (Lipinski definition) is 12. The first-order chi connectivity index (χ1) is 19.3. The summed E-state index contributed by atoms with van der Waals surface area (Å²) in [4.78, 5) is 62.3. The molecule has 234 valence electrons. The number of hydrogen-bond donors (Lipinski definition) is 1. The van der Waals surface area contributed by atoms with Crippen molar-refractivity contribution in [2.45, 2.75) is 123 Å². The van der Waals surface area contributed by atoms with E-state index in [0.29, 0.717) is 11.1 Å². The quantitative estimate of drug-likeness (QED) is 0.214. The number of esters is 5. The molecule has 1 aliphatic heterocycles. The zero-order chi connectivity index (χ0) is 31.6. The maximum Gasteiger partial charge on any atom is 0.303 e. The highest BCUT2D eigenvalue weighted by molar-refractivity contribution is 5.69. The van der Waals surface area contributed by atoms with Crippen molar-refractivity contribution in [3.05, 3.63) is 11.1 Å². The first-order valence-electron chi connectivity index (χ1n) is 14.2. The Morgan fingerprint density at radius 2 is 1.26 bits per heavy atom. The highest BCUT2D eigenvalue weighted by Crippen LogP contribution is 2.66. The fourth-order valence-electron chi connectivity index (χ4n) is 7.95. The molecule has 0 radical (unpaired) electrons. The van der Waals surface area contributed by atoms with E-state index in [4.69, 9.17) is 28.4 Å². The molecule has 2 saturated carbocycles. The summed E-state index contributed by atoms with van der Waals surface area (Å²) in [7, 11) is 0. The summed E-state index contributed by atoms with van der Waals surface area (Å²) < 4.78 is 35.4. The molecular formula is C30H42O12. The fraction of sp³-hybridized carbons (Fsp3) is 0.767. The van der Waals surface area contributed by atoms with E-state index in [1.165, 1.54) is 34.6 Å². The van der Waals surface area contributed by atoms with Crippen LogP contribution in [0.2, 0.25) is 0 Å². The van der Waals surface area contributed by atoms with Gasteiger partial charge in [0, 0.05) is 58.8 Å². The van der Waals surface area contributed by atoms with E-state index in [0.717, 1.165) is 0 Å². The Hall–Kier alpha value is -2.99. The minimum Gasteiger partial charge on any atom is -0.462 e. The Morgan fingerprint density at radius 3 is 1.74 bits per heavy atom. The minimum atomic E-state index is -1.59. The van der Waals surface area contributed by atoms with E-state index in [2.05, 4.69) is 0 Å². The lowest BCUT2D eigenvalue weighted by molar-refractivity contribution is -0.249. The third-order valence-corrected chi connectivity index (χ3v) is 9.98. The van der Waals surface area contributed by atoms with E-state index >= 15 is 0 Å². The van der Waals surface area contributed by atoms with E-state index < -0.39 is 88.3 Å². The second-order valence-corrected chi connectivity index (χ2v) is 12.9. The van der Waals surface area contributed by atoms with Gasteiger partial charge in [0.05, 0.1) is 17.6 Å². The monoisotopic (exact) mass is 594 g/mol. The lowest BCUT2D eigenvalue weighted by atomic mass is 9.47. The summed E-state index contributed by atoms with van der Waals surface area (Å²) in [5.74, 6) is -3.85. The molecule has 12 heteroatoms. The van der Waals surface area contributed by atoms with E-state index in [1.54, 1.807) is 27.7 Å². The van der Waals surface area contributed by atoms with Gasteiger partial charge in [0.25, 0.3) is 0 Å². The average Bonchev–Trinajstić information content (AvgIpc) is 3.61. The molecule has 0 amide bonds. The standard InChI is InChI=1S/C30H42O12/c1-14-20(38-15(2)31)11-29(36)12-21-28(9,22(39-16(3)32)10-23(40-17(4)33)30(21)13-37-30)26(42-19(6)35)25(41-18(5)34)24(14)27(29,7)8/h20-23,25-26,36H,10-13H2,1-9H3/t20-,21-,22-,23-,25+,26-,28-,29+,30-/m0/s1. The maximum absolute atomic E-state index is 12.8. The van der Waals surface area contributed by atoms with Crippen molar-refractivity contribution < 1.29 is 57.5 Å². The molecule has 1 spiro atoms. The zero-order valence-electron chi connectivity index (χ0n) is 25.7. The molecule has 3 fully saturated rings. The summed E-state index contributed by atoms with van der Waals surface area (Å²) in [5, 5.41) is 12.7. The first kappa shape index (κ1) is 31.9. The number of rotatable bonds is 5. The van der Waals surface area contributed by atoms with Crippen molar-refractivity contribution in [1.29, 1.82) is 0 Å². The van der Waals surface area contributed by atoms with Crippen molar-refractivity contribution in [1.82, 2.24) is 0 Å². The molecule has 12 nitrogen and oxygen atoms in total. The second kappa shape index (κ2) is 10.6. The maximum atomic E-state index is 12.8. The largest absolute Gasteiger partial charge is 0.462 e. The Morgan fingerprint density at radius 1 is 0.762 bits per heavy atom. The molecule has 0 aromatic rings. The van der Waals surface area contributed by atoms with Crippen LogP contribution in [0.25, 0.3) is 0 Å². The third-order valence-electron chi connectivity index (χ3n) is 9.98. The highest BCUT2D eigenvalue weighted by atomic mass is 16.6. The SMILES string of the molecule is CC(=O)O[C@H]1C[C@@]2(O)C[C@@H]3[C@@]4(CO4)[C@@H](OC(C)=O)C[C@H](OC(C)=O)[C@@]3(C)[C@@H](OC(C)=O)[C@H](OC(C)=O)C(=C1C)C2(C)C. The summed E-state index contributed by atoms with van der Waals surface area (Å²) in [6.07, 6.45) is -5.19. The molecule has 1 saturated heterocycles. The predicted molar refractivity (Wildman–Crippen MR) is 143 cm³/mol. The lowest BCUT2D eigenvalue weighted by Crippen LogP contribution is -2.71. The molecule has 2 bridgehead atoms. The first-order valence-corrected chi connectivity index (χ1v) is 14.2. The van der Waals surface area contributed by atoms with Crippen LogP contribution in [0.4, 0.5) is 0 Å². The molecule has 9 atom stereocenters. The van der Waals surface area contributed by atoms with Gasteiger partial charge in [0.15, 0.2) is 12.2 Å². The number of fused-ring (bicyclic) bond motifs is 4. The van der Waals surface area contributed by atoms with Crippen LogP contribution in [0.15, 0.2) is 11.1 Å². The summed E-state index contributed by atoms with van der Waals surface area (Å²) in [6, 6.07) is 0. The van der Waals surface area contributed by atoms with Gasteiger partial charge in [-0.2, -0.15) is 0 Å². The predicted octanol–water partition coefficient (Wildman–Crippen LogP) is 2.32. The van der Waals surface area contributed by atoms with Crippen LogP contribution < -0.4 is 0 Å². The van der Waals surface area contributed by atoms with E-state index in [9.17, 15) is 29.1 Å². The number of ether oxygens (including phenoxy) is 6. The molecule has 4 aliphatic rings. The van der Waals surface area contributed by atoms with Crippen LogP contribution in [0, 0.1) is 16.7 Å². The van der Waals surface area contributed by atoms with Crippen molar-refractivity contribution in [3.63, 3.8) is 0 Å². The van der Waals surface area contributed by atoms with Gasteiger partial charge < -0.3 is 33.5 Å². The van der Waals surface area contributed by atoms with Gasteiger partial charge in [-0.25, -0.2) is 0 Å². The minimum absolute atomic E-state index is 0.00509. The van der Waals surface area contributed by atoms with Crippen molar-refractivity contribution in [2.75, 3.05) is 6.61 Å². The van der Waals surface area contributed by atoms with Crippen molar-refractivity contribution in [3.8, 4) is 0 Å². The topological polar surface area (TPSA) is 164 Å². The van der Waals surface area contributed by atoms with E-state index in [-0.39, 0.29) is 25.9 Å². The Labute approximate surface area is 245 Å². The number of epoxide rings is 1. The Bertz CT molecular complexity index is 1210. The molecular weight excluding hydrogens is 552 g/mol. The van der Waals surface area contributed by atoms with Gasteiger partial charge in [-0.1, -0.05) is 20.8 Å². The van der Waals surface area contributed by atoms with Crippen molar-refractivity contribution in [2.24, 2.45) is 16.7 Å². The smallest absolute Gasteiger partial charge is 0.303 e. The fourth-order valence-corrected chi connectivity index (χ4v) is 7.95. The molecule has 3 aliphatic carbocycles. The van der Waals surface area contributed by atoms with Gasteiger partial charge in [-0.05, 0) is 24.5 Å². The number of carbonyl (C=O) groups is 5. The molecule has 1 N–H and O–H groups in total. The van der Waals surface area contributed by atoms with Crippen LogP contribution in [-0.2, 0) is 52.4 Å². The normalized spacial score (nSPS) is 40.0. The van der Waals surface area contributed by atoms with Crippen LogP contribution in [0.5, 0.6) is 0 Å².